The van der Waals surface area contributed by atoms with E-state index < -0.39 is 0 Å². The van der Waals surface area contributed by atoms with Crippen LogP contribution in [0.3, 0.4) is 0 Å². The van der Waals surface area contributed by atoms with Crippen LogP contribution in [-0.2, 0) is 16.1 Å². The van der Waals surface area contributed by atoms with Crippen molar-refractivity contribution in [1.82, 2.24) is 10.3 Å². The Morgan fingerprint density at radius 2 is 2.12 bits per heavy atom. The van der Waals surface area contributed by atoms with Gasteiger partial charge in [-0.3, -0.25) is 14.6 Å². The Morgan fingerprint density at radius 1 is 1.29 bits per heavy atom. The normalized spacial score (nSPS) is 17.2. The van der Waals surface area contributed by atoms with E-state index in [1.165, 1.54) is 0 Å². The number of carbonyl (C=O) groups excluding carboxylic acids is 2. The van der Waals surface area contributed by atoms with Crippen LogP contribution in [0.25, 0.3) is 0 Å². The van der Waals surface area contributed by atoms with Gasteiger partial charge in [0.1, 0.15) is 0 Å². The van der Waals surface area contributed by atoms with Gasteiger partial charge < -0.3 is 10.2 Å². The Labute approximate surface area is 141 Å². The summed E-state index contributed by atoms with van der Waals surface area (Å²) in [5, 5.41) is 2.88. The summed E-state index contributed by atoms with van der Waals surface area (Å²) in [7, 11) is 0. The largest absolute Gasteiger partial charge is 0.350 e. The molecule has 2 heterocycles. The first kappa shape index (κ1) is 16.2. The molecule has 1 fully saturated rings. The predicted octanol–water partition coefficient (Wildman–Crippen LogP) is 2.37. The van der Waals surface area contributed by atoms with E-state index in [1.54, 1.807) is 11.1 Å². The number of carbonyl (C=O) groups is 2. The molecule has 2 amide bonds. The van der Waals surface area contributed by atoms with Crippen LogP contribution in [0.4, 0.5) is 5.69 Å². The average molecular weight is 323 g/mol. The first-order chi connectivity index (χ1) is 11.5. The minimum absolute atomic E-state index is 0.00156. The fourth-order valence-electron chi connectivity index (χ4n) is 2.95. The molecule has 0 radical (unpaired) electrons. The van der Waals surface area contributed by atoms with Gasteiger partial charge in [0.15, 0.2) is 0 Å². The van der Waals surface area contributed by atoms with E-state index in [4.69, 9.17) is 0 Å². The van der Waals surface area contributed by atoms with Gasteiger partial charge in [0, 0.05) is 24.8 Å². The summed E-state index contributed by atoms with van der Waals surface area (Å²) in [6, 6.07) is 11.6. The zero-order valence-corrected chi connectivity index (χ0v) is 14.0. The molecule has 1 aliphatic rings. The Bertz CT molecular complexity index is 758. The van der Waals surface area contributed by atoms with Gasteiger partial charge in [0.25, 0.3) is 0 Å². The highest BCUT2D eigenvalue weighted by atomic mass is 16.2. The third kappa shape index (κ3) is 3.45. The lowest BCUT2D eigenvalue weighted by Gasteiger charge is -2.19. The van der Waals surface area contributed by atoms with E-state index in [0.29, 0.717) is 13.1 Å². The molecular weight excluding hydrogens is 302 g/mol. The van der Waals surface area contributed by atoms with Crippen molar-refractivity contribution in [2.75, 3.05) is 11.4 Å². The molecule has 1 atom stereocenters. The van der Waals surface area contributed by atoms with Crippen molar-refractivity contribution in [2.24, 2.45) is 5.92 Å². The molecule has 1 aromatic heterocycles. The lowest BCUT2D eigenvalue weighted by molar-refractivity contribution is -0.126. The summed E-state index contributed by atoms with van der Waals surface area (Å²) in [6.07, 6.45) is 1.95. The van der Waals surface area contributed by atoms with Crippen LogP contribution in [0.15, 0.2) is 42.6 Å². The number of hydrogen-bond donors (Lipinski definition) is 1. The smallest absolute Gasteiger partial charge is 0.227 e. The van der Waals surface area contributed by atoms with Crippen molar-refractivity contribution in [3.63, 3.8) is 0 Å². The van der Waals surface area contributed by atoms with Gasteiger partial charge in [-0.25, -0.2) is 0 Å². The number of nitrogens with one attached hydrogen (secondary N) is 1. The Morgan fingerprint density at radius 3 is 2.88 bits per heavy atom. The van der Waals surface area contributed by atoms with Crippen LogP contribution in [0.1, 0.15) is 23.2 Å². The molecule has 3 rings (SSSR count). The quantitative estimate of drug-likeness (QED) is 0.939. The molecule has 5 heteroatoms. The summed E-state index contributed by atoms with van der Waals surface area (Å²) in [6.45, 7) is 4.79. The fourth-order valence-corrected chi connectivity index (χ4v) is 2.95. The second-order valence-electron chi connectivity index (χ2n) is 6.23. The third-order valence-electron chi connectivity index (χ3n) is 4.32. The van der Waals surface area contributed by atoms with E-state index in [9.17, 15) is 9.59 Å². The highest BCUT2D eigenvalue weighted by Gasteiger charge is 2.35. The summed E-state index contributed by atoms with van der Waals surface area (Å²) in [4.78, 5) is 30.6. The lowest BCUT2D eigenvalue weighted by Crippen LogP contribution is -2.33. The molecule has 24 heavy (non-hydrogen) atoms. The fraction of sp³-hybridized carbons (Fsp3) is 0.316. The van der Waals surface area contributed by atoms with Gasteiger partial charge in [-0.2, -0.15) is 0 Å². The van der Waals surface area contributed by atoms with Crippen molar-refractivity contribution in [2.45, 2.75) is 26.8 Å². The molecular formula is C19H21N3O2. The summed E-state index contributed by atoms with van der Waals surface area (Å²) in [5.41, 5.74) is 3.86. The van der Waals surface area contributed by atoms with Crippen LogP contribution in [0.5, 0.6) is 0 Å². The van der Waals surface area contributed by atoms with Crippen LogP contribution >= 0.6 is 0 Å². The molecule has 1 N–H and O–H groups in total. The standard InChI is InChI=1S/C19H21N3O2/c1-13-6-7-14(2)17(9-13)22-12-15(10-18(22)23)19(24)21-11-16-5-3-4-8-20-16/h3-9,15H,10-12H2,1-2H3,(H,21,24). The second-order valence-corrected chi connectivity index (χ2v) is 6.23. The Hall–Kier alpha value is -2.69. The van der Waals surface area contributed by atoms with Crippen LogP contribution in [0.2, 0.25) is 0 Å². The molecule has 1 saturated heterocycles. The lowest BCUT2D eigenvalue weighted by atomic mass is 10.1. The molecule has 1 aliphatic heterocycles. The maximum absolute atomic E-state index is 12.4. The summed E-state index contributed by atoms with van der Waals surface area (Å²) >= 11 is 0. The number of nitrogens with zero attached hydrogens (tertiary/aromatic N) is 2. The highest BCUT2D eigenvalue weighted by Crippen LogP contribution is 2.28. The summed E-state index contributed by atoms with van der Waals surface area (Å²) < 4.78 is 0. The van der Waals surface area contributed by atoms with Gasteiger partial charge in [-0.1, -0.05) is 18.2 Å². The van der Waals surface area contributed by atoms with Gasteiger partial charge in [-0.15, -0.1) is 0 Å². The van der Waals surface area contributed by atoms with E-state index >= 15 is 0 Å². The predicted molar refractivity (Wildman–Crippen MR) is 92.5 cm³/mol. The molecule has 0 saturated carbocycles. The van der Waals surface area contributed by atoms with Crippen molar-refractivity contribution in [1.29, 1.82) is 0 Å². The topological polar surface area (TPSA) is 62.3 Å². The van der Waals surface area contributed by atoms with E-state index in [2.05, 4.69) is 10.3 Å². The SMILES string of the molecule is Cc1ccc(C)c(N2CC(C(=O)NCc3ccccn3)CC2=O)c1. The Balaban J connectivity index is 1.66. The number of pyridine rings is 1. The zero-order chi connectivity index (χ0) is 17.1. The average Bonchev–Trinajstić information content (AvgIpc) is 2.97. The highest BCUT2D eigenvalue weighted by molar-refractivity contribution is 6.00. The number of anilines is 1. The maximum atomic E-state index is 12.4. The van der Waals surface area contributed by atoms with Crippen LogP contribution in [-0.4, -0.2) is 23.3 Å². The molecule has 5 nitrogen and oxygen atoms in total. The van der Waals surface area contributed by atoms with Gasteiger partial charge in [-0.05, 0) is 43.2 Å². The van der Waals surface area contributed by atoms with E-state index in [1.807, 2.05) is 50.2 Å². The minimum Gasteiger partial charge on any atom is -0.350 e. The van der Waals surface area contributed by atoms with Crippen molar-refractivity contribution in [3.8, 4) is 0 Å². The first-order valence-electron chi connectivity index (χ1n) is 8.10. The number of aryl methyl sites for hydroxylation is 2. The van der Waals surface area contributed by atoms with Crippen molar-refractivity contribution < 1.29 is 9.59 Å². The maximum Gasteiger partial charge on any atom is 0.227 e. The molecule has 0 aliphatic carbocycles. The van der Waals surface area contributed by atoms with Crippen molar-refractivity contribution >= 4 is 17.5 Å². The molecule has 1 unspecified atom stereocenters. The molecule has 0 spiro atoms. The van der Waals surface area contributed by atoms with E-state index in [-0.39, 0.29) is 24.2 Å². The molecule has 0 bridgehead atoms. The molecule has 2 aromatic rings. The Kier molecular flexibility index (Phi) is 4.60. The zero-order valence-electron chi connectivity index (χ0n) is 14.0. The molecule has 1 aromatic carbocycles. The van der Waals surface area contributed by atoms with Crippen LogP contribution in [0, 0.1) is 19.8 Å². The summed E-state index contributed by atoms with van der Waals surface area (Å²) in [5.74, 6) is -0.412. The number of rotatable bonds is 4. The molecule has 124 valence electrons. The monoisotopic (exact) mass is 323 g/mol. The second kappa shape index (κ2) is 6.83. The number of aromatic nitrogens is 1. The number of benzene rings is 1. The van der Waals surface area contributed by atoms with Crippen molar-refractivity contribution in [3.05, 3.63) is 59.4 Å². The minimum atomic E-state index is -0.318. The number of hydrogen-bond acceptors (Lipinski definition) is 3. The van der Waals surface area contributed by atoms with Gasteiger partial charge >= 0.3 is 0 Å². The van der Waals surface area contributed by atoms with E-state index in [0.717, 1.165) is 22.5 Å². The number of amides is 2. The first-order valence-corrected chi connectivity index (χ1v) is 8.10. The van der Waals surface area contributed by atoms with Gasteiger partial charge in [0.05, 0.1) is 18.2 Å². The third-order valence-corrected chi connectivity index (χ3v) is 4.32. The van der Waals surface area contributed by atoms with Gasteiger partial charge in [0.2, 0.25) is 11.8 Å². The van der Waals surface area contributed by atoms with Crippen LogP contribution < -0.4 is 10.2 Å².